The molecule has 0 spiro atoms. The minimum atomic E-state index is -0.260. The monoisotopic (exact) mass is 527 g/mol. The van der Waals surface area contributed by atoms with Crippen LogP contribution >= 0.6 is 22.7 Å². The minimum Gasteiger partial charge on any atom is -0.520 e. The fourth-order valence-corrected chi connectivity index (χ4v) is 3.31. The van der Waals surface area contributed by atoms with E-state index in [4.69, 9.17) is 0 Å². The SMILES string of the molecule is [CH2-][N+](/N=c1\[n-]ccs1)=C1/C=CC(=O)C=C1O.[CH2-][N+](/N=c1\[n-]ccs1)=C1/C=CC(=O)C=C1O.[Co+3]. The first kappa shape index (κ1) is 25.6. The number of aromatic nitrogens is 2. The molecular formula is C20H16CoN6O4S2+. The molecule has 33 heavy (non-hydrogen) atoms. The Morgan fingerprint density at radius 3 is 1.45 bits per heavy atom. The molecule has 0 unspecified atom stereocenters. The van der Waals surface area contributed by atoms with Crippen molar-refractivity contribution < 1.29 is 45.9 Å². The van der Waals surface area contributed by atoms with E-state index in [1.165, 1.54) is 56.3 Å². The summed E-state index contributed by atoms with van der Waals surface area (Å²) in [5, 5.41) is 30.7. The molecule has 2 aromatic rings. The molecule has 4 rings (SSSR count). The van der Waals surface area contributed by atoms with Gasteiger partial charge < -0.3 is 29.6 Å². The summed E-state index contributed by atoms with van der Waals surface area (Å²) in [7, 11) is 7.29. The zero-order valence-electron chi connectivity index (χ0n) is 16.7. The van der Waals surface area contributed by atoms with Crippen LogP contribution in [0.1, 0.15) is 0 Å². The average molecular weight is 527 g/mol. The summed E-state index contributed by atoms with van der Waals surface area (Å²) >= 11 is 2.70. The number of hydrogen-bond donors (Lipinski definition) is 2. The van der Waals surface area contributed by atoms with E-state index in [1.807, 2.05) is 0 Å². The van der Waals surface area contributed by atoms with Gasteiger partial charge in [-0.1, -0.05) is 24.5 Å². The smallest absolute Gasteiger partial charge is 0.520 e. The van der Waals surface area contributed by atoms with Crippen molar-refractivity contribution in [3.63, 3.8) is 0 Å². The van der Waals surface area contributed by atoms with E-state index in [2.05, 4.69) is 34.3 Å². The van der Waals surface area contributed by atoms with Gasteiger partial charge in [0.2, 0.25) is 0 Å². The van der Waals surface area contributed by atoms with Crippen molar-refractivity contribution in [2.45, 2.75) is 0 Å². The molecule has 13 heteroatoms. The number of aliphatic hydroxyl groups excluding tert-OH is 2. The van der Waals surface area contributed by atoms with E-state index in [9.17, 15) is 19.8 Å². The summed E-state index contributed by atoms with van der Waals surface area (Å²) in [6.07, 6.45) is 11.1. The number of carbonyl (C=O) groups excluding carboxylic acids is 2. The molecule has 0 aliphatic heterocycles. The maximum absolute atomic E-state index is 10.9. The quantitative estimate of drug-likeness (QED) is 0.256. The van der Waals surface area contributed by atoms with Crippen LogP contribution < -0.4 is 19.6 Å². The van der Waals surface area contributed by atoms with Crippen LogP contribution in [0.2, 0.25) is 0 Å². The van der Waals surface area contributed by atoms with Gasteiger partial charge in [0.1, 0.15) is 22.9 Å². The van der Waals surface area contributed by atoms with Crippen LogP contribution in [0.15, 0.2) is 81.3 Å². The number of hydrogen-bond acceptors (Lipinski definition) is 8. The summed E-state index contributed by atoms with van der Waals surface area (Å²) in [5.74, 6) is -0.821. The zero-order valence-corrected chi connectivity index (χ0v) is 19.4. The molecule has 0 saturated heterocycles. The van der Waals surface area contributed by atoms with E-state index in [0.717, 1.165) is 12.2 Å². The Kier molecular flexibility index (Phi) is 9.17. The van der Waals surface area contributed by atoms with Crippen LogP contribution in [0.25, 0.3) is 0 Å². The zero-order chi connectivity index (χ0) is 23.1. The number of carbonyl (C=O) groups is 2. The van der Waals surface area contributed by atoms with Gasteiger partial charge in [-0.2, -0.15) is 0 Å². The Morgan fingerprint density at radius 2 is 1.15 bits per heavy atom. The summed E-state index contributed by atoms with van der Waals surface area (Å²) in [6.45, 7) is 0. The van der Waals surface area contributed by atoms with Gasteiger partial charge in [0.05, 0.1) is 9.60 Å². The normalized spacial score (nSPS) is 19.3. The van der Waals surface area contributed by atoms with Crippen molar-refractivity contribution in [3.8, 4) is 0 Å². The van der Waals surface area contributed by atoms with Gasteiger partial charge in [0.15, 0.2) is 11.6 Å². The van der Waals surface area contributed by atoms with Crippen molar-refractivity contribution in [3.05, 3.63) is 94.8 Å². The first-order chi connectivity index (χ1) is 15.3. The van der Waals surface area contributed by atoms with Gasteiger partial charge in [-0.25, -0.2) is 10.2 Å². The predicted octanol–water partition coefficient (Wildman–Crippen LogP) is 0.691. The largest absolute Gasteiger partial charge is 3.00 e. The molecule has 2 aromatic heterocycles. The van der Waals surface area contributed by atoms with Crippen molar-refractivity contribution in [1.29, 1.82) is 0 Å². The first-order valence-corrected chi connectivity index (χ1v) is 10.5. The summed E-state index contributed by atoms with van der Waals surface area (Å²) < 4.78 is 2.46. The molecule has 2 aliphatic carbocycles. The van der Waals surface area contributed by atoms with E-state index < -0.39 is 0 Å². The molecule has 2 heterocycles. The Balaban J connectivity index is 0.000000227. The first-order valence-electron chi connectivity index (χ1n) is 8.77. The number of ketones is 2. The number of aliphatic hydroxyl groups is 2. The van der Waals surface area contributed by atoms with Gasteiger partial charge in [-0.3, -0.25) is 9.59 Å². The van der Waals surface area contributed by atoms with E-state index in [1.54, 1.807) is 23.2 Å². The third-order valence-corrected chi connectivity index (χ3v) is 5.01. The minimum absolute atomic E-state index is 0. The Bertz CT molecular complexity index is 1230. The van der Waals surface area contributed by atoms with Crippen LogP contribution in [0.4, 0.5) is 0 Å². The van der Waals surface area contributed by atoms with Crippen molar-refractivity contribution >= 4 is 45.7 Å². The van der Waals surface area contributed by atoms with Crippen molar-refractivity contribution in [2.24, 2.45) is 10.2 Å². The van der Waals surface area contributed by atoms with Crippen LogP contribution in [0.5, 0.6) is 0 Å². The fourth-order valence-electron chi connectivity index (χ4n) is 2.29. The molecule has 0 radical (unpaired) electrons. The molecule has 0 atom stereocenters. The Morgan fingerprint density at radius 1 is 0.758 bits per heavy atom. The maximum Gasteiger partial charge on any atom is 3.00 e. The predicted molar refractivity (Wildman–Crippen MR) is 117 cm³/mol. The van der Waals surface area contributed by atoms with Gasteiger partial charge in [-0.05, 0) is 22.9 Å². The van der Waals surface area contributed by atoms with Crippen LogP contribution in [0, 0.1) is 14.1 Å². The van der Waals surface area contributed by atoms with Crippen molar-refractivity contribution in [1.82, 2.24) is 9.97 Å². The summed E-state index contributed by atoms with van der Waals surface area (Å²) in [6, 6.07) is 0. The van der Waals surface area contributed by atoms with Crippen molar-refractivity contribution in [2.75, 3.05) is 0 Å². The van der Waals surface area contributed by atoms with Crippen LogP contribution in [-0.4, -0.2) is 42.6 Å². The fraction of sp³-hybridized carbons (Fsp3) is 0. The molecule has 10 nitrogen and oxygen atoms in total. The third kappa shape index (κ3) is 7.18. The second-order valence-electron chi connectivity index (χ2n) is 5.93. The van der Waals surface area contributed by atoms with Gasteiger partial charge >= 0.3 is 16.8 Å². The number of nitrogens with zero attached hydrogens (tertiary/aromatic N) is 6. The molecule has 0 fully saturated rings. The van der Waals surface area contributed by atoms with Gasteiger partial charge in [0.25, 0.3) is 0 Å². The van der Waals surface area contributed by atoms with E-state index in [0.29, 0.717) is 21.0 Å². The Hall–Kier alpha value is -3.65. The molecule has 2 aliphatic rings. The molecule has 0 saturated carbocycles. The second-order valence-corrected chi connectivity index (χ2v) is 7.68. The Labute approximate surface area is 206 Å². The molecule has 170 valence electrons. The molecule has 0 aromatic carbocycles. The van der Waals surface area contributed by atoms with Gasteiger partial charge in [0, 0.05) is 26.2 Å². The summed E-state index contributed by atoms with van der Waals surface area (Å²) in [5.41, 5.74) is 0.713. The summed E-state index contributed by atoms with van der Waals surface area (Å²) in [4.78, 5) is 30.9. The van der Waals surface area contributed by atoms with Crippen LogP contribution in [0.3, 0.4) is 0 Å². The van der Waals surface area contributed by atoms with E-state index >= 15 is 0 Å². The molecule has 0 bridgehead atoms. The van der Waals surface area contributed by atoms with Gasteiger partial charge in [-0.15, -0.1) is 22.7 Å². The second kappa shape index (κ2) is 11.8. The molecule has 2 N–H and O–H groups in total. The molecular weight excluding hydrogens is 511 g/mol. The third-order valence-electron chi connectivity index (χ3n) is 3.70. The molecule has 0 amide bonds. The van der Waals surface area contributed by atoms with E-state index in [-0.39, 0.29) is 39.9 Å². The topological polar surface area (TPSA) is 134 Å². The number of rotatable bonds is 2. The number of thiazole rings is 2. The maximum atomic E-state index is 10.9. The van der Waals surface area contributed by atoms with Crippen LogP contribution in [-0.2, 0) is 26.4 Å². The standard InChI is InChI=1S/2C10H9N3O2S.Co/c2*1-13(12-10-11-4-5-16-10)8-3-2-7(14)6-9(8)15;/h2*2-6H,1H2,(H2,11,12,14,15);/q;;+3/p-2. The number of allylic oxidation sites excluding steroid dienone is 6. The average Bonchev–Trinajstić information content (AvgIpc) is 3.42.